The summed E-state index contributed by atoms with van der Waals surface area (Å²) in [4.78, 5) is 16.9. The van der Waals surface area contributed by atoms with Gasteiger partial charge in [0, 0.05) is 38.6 Å². The average Bonchev–Trinajstić information content (AvgIpc) is 2.56. The Balaban J connectivity index is 1.47. The minimum atomic E-state index is 0.381. The number of hydrogen-bond acceptors (Lipinski definition) is 3. The predicted molar refractivity (Wildman–Crippen MR) is 87.4 cm³/mol. The van der Waals surface area contributed by atoms with E-state index in [0.717, 1.165) is 44.6 Å². The highest BCUT2D eigenvalue weighted by atomic mass is 16.2. The van der Waals surface area contributed by atoms with Crippen LogP contribution in [0.3, 0.4) is 0 Å². The van der Waals surface area contributed by atoms with Crippen molar-refractivity contribution in [2.24, 2.45) is 11.8 Å². The molecule has 0 N–H and O–H groups in total. The van der Waals surface area contributed by atoms with E-state index >= 15 is 0 Å². The van der Waals surface area contributed by atoms with Crippen molar-refractivity contribution >= 4 is 5.91 Å². The molecule has 3 saturated heterocycles. The smallest absolute Gasteiger partial charge is 0.222 e. The number of likely N-dealkylation sites (tertiary alicyclic amines) is 1. The highest BCUT2D eigenvalue weighted by Gasteiger charge is 2.43. The molecule has 0 radical (unpaired) electrons. The summed E-state index contributed by atoms with van der Waals surface area (Å²) in [5.74, 6) is 1.63. The largest absolute Gasteiger partial charge is 0.339 e. The molecule has 3 aliphatic rings. The van der Waals surface area contributed by atoms with Crippen LogP contribution in [0, 0.1) is 23.2 Å². The average molecular weight is 309 g/mol. The molecule has 0 saturated carbocycles. The molecule has 3 atom stereocenters. The first-order chi connectivity index (χ1) is 11.2. The van der Waals surface area contributed by atoms with Crippen LogP contribution in [-0.2, 0) is 11.3 Å². The second kappa shape index (κ2) is 5.98. The van der Waals surface area contributed by atoms with E-state index in [0.29, 0.717) is 23.8 Å². The fourth-order valence-electron chi connectivity index (χ4n) is 4.84. The fourth-order valence-corrected chi connectivity index (χ4v) is 4.84. The molecule has 4 heteroatoms. The third kappa shape index (κ3) is 2.86. The lowest BCUT2D eigenvalue weighted by molar-refractivity contribution is -0.145. The molecule has 1 aromatic rings. The van der Waals surface area contributed by atoms with Crippen molar-refractivity contribution in [1.29, 1.82) is 5.26 Å². The number of amides is 1. The minimum absolute atomic E-state index is 0.381. The molecule has 0 aliphatic carbocycles. The van der Waals surface area contributed by atoms with Crippen LogP contribution in [0.25, 0.3) is 0 Å². The van der Waals surface area contributed by atoms with Crippen LogP contribution in [-0.4, -0.2) is 41.4 Å². The Morgan fingerprint density at radius 2 is 2.17 bits per heavy atom. The molecule has 0 unspecified atom stereocenters. The lowest BCUT2D eigenvalue weighted by Gasteiger charge is -2.52. The van der Waals surface area contributed by atoms with Crippen molar-refractivity contribution in [3.05, 3.63) is 35.4 Å². The van der Waals surface area contributed by atoms with E-state index in [9.17, 15) is 4.79 Å². The maximum absolute atomic E-state index is 12.2. The topological polar surface area (TPSA) is 47.3 Å². The predicted octanol–water partition coefficient (Wildman–Crippen LogP) is 2.39. The van der Waals surface area contributed by atoms with Crippen LogP contribution in [0.1, 0.15) is 36.8 Å². The van der Waals surface area contributed by atoms with Crippen molar-refractivity contribution in [3.63, 3.8) is 0 Å². The van der Waals surface area contributed by atoms with Gasteiger partial charge in [-0.3, -0.25) is 9.69 Å². The Labute approximate surface area is 137 Å². The normalized spacial score (nSPS) is 30.7. The van der Waals surface area contributed by atoms with Crippen LogP contribution in [0.4, 0.5) is 0 Å². The van der Waals surface area contributed by atoms with Crippen molar-refractivity contribution in [3.8, 4) is 6.07 Å². The minimum Gasteiger partial charge on any atom is -0.339 e. The third-order valence-corrected chi connectivity index (χ3v) is 5.72. The number of fused-ring (bicyclic) bond motifs is 4. The SMILES string of the molecule is N#Cc1cccc(CN2C[C@@H]3C[C@@H](C2)[C@@H]2CCCC(=O)N2C3)c1. The molecule has 2 bridgehead atoms. The maximum atomic E-state index is 12.2. The Morgan fingerprint density at radius 1 is 1.26 bits per heavy atom. The van der Waals surface area contributed by atoms with E-state index in [1.54, 1.807) is 0 Å². The van der Waals surface area contributed by atoms with Crippen molar-refractivity contribution in [1.82, 2.24) is 9.80 Å². The van der Waals surface area contributed by atoms with Crippen LogP contribution in [0.5, 0.6) is 0 Å². The summed E-state index contributed by atoms with van der Waals surface area (Å²) in [7, 11) is 0. The zero-order valence-electron chi connectivity index (χ0n) is 13.4. The molecule has 1 amide bonds. The van der Waals surface area contributed by atoms with Gasteiger partial charge < -0.3 is 4.90 Å². The summed E-state index contributed by atoms with van der Waals surface area (Å²) in [6.07, 6.45) is 4.27. The molecule has 3 aliphatic heterocycles. The van der Waals surface area contributed by atoms with Crippen LogP contribution in [0.2, 0.25) is 0 Å². The summed E-state index contributed by atoms with van der Waals surface area (Å²) < 4.78 is 0. The van der Waals surface area contributed by atoms with Gasteiger partial charge in [0.25, 0.3) is 0 Å². The molecular weight excluding hydrogens is 286 g/mol. The molecule has 1 aromatic carbocycles. The van der Waals surface area contributed by atoms with Gasteiger partial charge in [-0.25, -0.2) is 0 Å². The van der Waals surface area contributed by atoms with E-state index in [1.165, 1.54) is 18.4 Å². The molecule has 23 heavy (non-hydrogen) atoms. The van der Waals surface area contributed by atoms with E-state index < -0.39 is 0 Å². The fraction of sp³-hybridized carbons (Fsp3) is 0.579. The van der Waals surface area contributed by atoms with E-state index in [-0.39, 0.29) is 0 Å². The van der Waals surface area contributed by atoms with Gasteiger partial charge in [0.15, 0.2) is 0 Å². The number of piperidine rings is 3. The molecule has 3 heterocycles. The van der Waals surface area contributed by atoms with Crippen LogP contribution < -0.4 is 0 Å². The van der Waals surface area contributed by atoms with Gasteiger partial charge in [-0.1, -0.05) is 12.1 Å². The first-order valence-electron chi connectivity index (χ1n) is 8.74. The summed E-state index contributed by atoms with van der Waals surface area (Å²) in [6.45, 7) is 4.03. The van der Waals surface area contributed by atoms with Gasteiger partial charge in [-0.15, -0.1) is 0 Å². The van der Waals surface area contributed by atoms with E-state index in [2.05, 4.69) is 21.9 Å². The number of carbonyl (C=O) groups is 1. The zero-order chi connectivity index (χ0) is 15.8. The molecule has 4 nitrogen and oxygen atoms in total. The molecule has 0 spiro atoms. The van der Waals surface area contributed by atoms with E-state index in [1.807, 2.05) is 18.2 Å². The highest BCUT2D eigenvalue weighted by molar-refractivity contribution is 5.77. The number of nitriles is 1. The monoisotopic (exact) mass is 309 g/mol. The molecule has 0 aromatic heterocycles. The van der Waals surface area contributed by atoms with Gasteiger partial charge in [-0.05, 0) is 48.8 Å². The summed E-state index contributed by atoms with van der Waals surface area (Å²) in [5.41, 5.74) is 1.96. The van der Waals surface area contributed by atoms with Crippen molar-refractivity contribution < 1.29 is 4.79 Å². The highest BCUT2D eigenvalue weighted by Crippen LogP contribution is 2.38. The van der Waals surface area contributed by atoms with Crippen molar-refractivity contribution in [2.75, 3.05) is 19.6 Å². The van der Waals surface area contributed by atoms with Crippen LogP contribution in [0.15, 0.2) is 24.3 Å². The van der Waals surface area contributed by atoms with Gasteiger partial charge in [0.1, 0.15) is 0 Å². The summed E-state index contributed by atoms with van der Waals surface area (Å²) >= 11 is 0. The first kappa shape index (κ1) is 14.7. The van der Waals surface area contributed by atoms with Crippen molar-refractivity contribution in [2.45, 2.75) is 38.3 Å². The zero-order valence-corrected chi connectivity index (χ0v) is 13.4. The number of carbonyl (C=O) groups excluding carboxylic acids is 1. The number of benzene rings is 1. The Kier molecular flexibility index (Phi) is 3.82. The molecule has 120 valence electrons. The molecular formula is C19H23N3O. The Morgan fingerprint density at radius 3 is 3.04 bits per heavy atom. The number of nitrogens with zero attached hydrogens (tertiary/aromatic N) is 3. The summed E-state index contributed by atoms with van der Waals surface area (Å²) in [6, 6.07) is 10.6. The number of rotatable bonds is 2. The second-order valence-electron chi connectivity index (χ2n) is 7.37. The Bertz CT molecular complexity index is 650. The molecule has 3 fully saturated rings. The van der Waals surface area contributed by atoms with Gasteiger partial charge in [-0.2, -0.15) is 5.26 Å². The lowest BCUT2D eigenvalue weighted by atomic mass is 9.76. The van der Waals surface area contributed by atoms with E-state index in [4.69, 9.17) is 5.26 Å². The van der Waals surface area contributed by atoms with Gasteiger partial charge in [0.2, 0.25) is 5.91 Å². The third-order valence-electron chi connectivity index (χ3n) is 5.72. The summed E-state index contributed by atoms with van der Waals surface area (Å²) in [5, 5.41) is 9.05. The number of hydrogen-bond donors (Lipinski definition) is 0. The quantitative estimate of drug-likeness (QED) is 0.843. The Hall–Kier alpha value is -1.86. The first-order valence-corrected chi connectivity index (χ1v) is 8.74. The lowest BCUT2D eigenvalue weighted by Crippen LogP contribution is -2.60. The van der Waals surface area contributed by atoms with Gasteiger partial charge >= 0.3 is 0 Å². The van der Waals surface area contributed by atoms with Crippen LogP contribution >= 0.6 is 0 Å². The van der Waals surface area contributed by atoms with Gasteiger partial charge in [0.05, 0.1) is 11.6 Å². The standard InChI is InChI=1S/C19H23N3O/c20-9-14-3-1-4-15(7-14)10-21-11-16-8-17(13-21)18-5-2-6-19(23)22(18)12-16/h1,3-4,7,16-18H,2,5-6,8,10-13H2/t16-,17-,18-/m0/s1. The second-order valence-corrected chi connectivity index (χ2v) is 7.37. The molecule has 4 rings (SSSR count). The maximum Gasteiger partial charge on any atom is 0.222 e.